The Bertz CT molecular complexity index is 1050. The standard InChI is InChI=1S/C20H14N2O2/c1-23-17-9-11-7-13-14(8-12(11)10-18(17)24-2)20-19(13)21-15-5-3-4-6-16(15)22-20/h3-10H,1-2H3. The van der Waals surface area contributed by atoms with Crippen LogP contribution in [0.3, 0.4) is 0 Å². The maximum absolute atomic E-state index is 5.41. The summed E-state index contributed by atoms with van der Waals surface area (Å²) in [5.41, 5.74) is 6.08. The molecule has 1 aliphatic rings. The van der Waals surface area contributed by atoms with Gasteiger partial charge in [0.05, 0.1) is 36.6 Å². The highest BCUT2D eigenvalue weighted by atomic mass is 16.5. The SMILES string of the molecule is COc1cc2cc3c(cc2cc1OC)-c1nc2ccccc2nc1-3. The molecule has 0 bridgehead atoms. The molecule has 1 aromatic heterocycles. The summed E-state index contributed by atoms with van der Waals surface area (Å²) in [4.78, 5) is 9.54. The zero-order valence-electron chi connectivity index (χ0n) is 13.3. The van der Waals surface area contributed by atoms with Gasteiger partial charge in [0, 0.05) is 11.1 Å². The molecule has 0 saturated heterocycles. The molecule has 0 radical (unpaired) electrons. The number of ether oxygens (including phenoxy) is 2. The second kappa shape index (κ2) is 4.68. The number of hydrogen-bond donors (Lipinski definition) is 0. The Balaban J connectivity index is 1.76. The Morgan fingerprint density at radius 2 is 1.12 bits per heavy atom. The molecule has 0 fully saturated rings. The van der Waals surface area contributed by atoms with Crippen molar-refractivity contribution in [3.63, 3.8) is 0 Å². The lowest BCUT2D eigenvalue weighted by Crippen LogP contribution is -2.05. The summed E-state index contributed by atoms with van der Waals surface area (Å²) in [6.07, 6.45) is 0. The number of fused-ring (bicyclic) bond motifs is 6. The zero-order chi connectivity index (χ0) is 16.3. The number of aromatic nitrogens is 2. The molecule has 4 nitrogen and oxygen atoms in total. The molecule has 0 spiro atoms. The van der Waals surface area contributed by atoms with Crippen LogP contribution in [0.4, 0.5) is 0 Å². The zero-order valence-corrected chi connectivity index (χ0v) is 13.3. The number of nitrogens with zero attached hydrogens (tertiary/aromatic N) is 2. The molecule has 0 aliphatic heterocycles. The van der Waals surface area contributed by atoms with Crippen LogP contribution < -0.4 is 9.47 Å². The molecule has 5 rings (SSSR count). The van der Waals surface area contributed by atoms with Crippen molar-refractivity contribution in [1.29, 1.82) is 0 Å². The maximum atomic E-state index is 5.41. The number of benzene rings is 3. The predicted molar refractivity (Wildman–Crippen MR) is 94.6 cm³/mol. The predicted octanol–water partition coefficient (Wildman–Crippen LogP) is 4.45. The fourth-order valence-corrected chi connectivity index (χ4v) is 3.33. The summed E-state index contributed by atoms with van der Waals surface area (Å²) in [5.74, 6) is 1.46. The summed E-state index contributed by atoms with van der Waals surface area (Å²) in [5, 5.41) is 2.21. The van der Waals surface area contributed by atoms with Gasteiger partial charge in [-0.05, 0) is 47.2 Å². The highest BCUT2D eigenvalue weighted by molar-refractivity contribution is 6.07. The van der Waals surface area contributed by atoms with Crippen LogP contribution in [-0.2, 0) is 0 Å². The maximum Gasteiger partial charge on any atom is 0.161 e. The van der Waals surface area contributed by atoms with Crippen molar-refractivity contribution < 1.29 is 9.47 Å². The lowest BCUT2D eigenvalue weighted by atomic mass is 9.86. The van der Waals surface area contributed by atoms with Gasteiger partial charge in [-0.1, -0.05) is 12.1 Å². The van der Waals surface area contributed by atoms with Crippen molar-refractivity contribution >= 4 is 21.8 Å². The van der Waals surface area contributed by atoms with Crippen LogP contribution in [0.1, 0.15) is 0 Å². The Labute approximate surface area is 138 Å². The minimum absolute atomic E-state index is 0.731. The van der Waals surface area contributed by atoms with E-state index < -0.39 is 0 Å². The minimum atomic E-state index is 0.731. The molecule has 0 N–H and O–H groups in total. The largest absolute Gasteiger partial charge is 0.493 e. The van der Waals surface area contributed by atoms with Crippen LogP contribution in [0.25, 0.3) is 44.3 Å². The third-order valence-electron chi connectivity index (χ3n) is 4.56. The van der Waals surface area contributed by atoms with Gasteiger partial charge in [-0.15, -0.1) is 0 Å². The molecule has 4 heteroatoms. The van der Waals surface area contributed by atoms with Gasteiger partial charge >= 0.3 is 0 Å². The van der Waals surface area contributed by atoms with E-state index in [4.69, 9.17) is 19.4 Å². The molecular formula is C20H14N2O2. The molecule has 0 amide bonds. The number of rotatable bonds is 2. The fourth-order valence-electron chi connectivity index (χ4n) is 3.33. The van der Waals surface area contributed by atoms with E-state index in [2.05, 4.69) is 12.1 Å². The lowest BCUT2D eigenvalue weighted by molar-refractivity contribution is 0.356. The second-order valence-electron chi connectivity index (χ2n) is 5.86. The van der Waals surface area contributed by atoms with E-state index in [-0.39, 0.29) is 0 Å². The van der Waals surface area contributed by atoms with E-state index in [0.29, 0.717) is 0 Å². The van der Waals surface area contributed by atoms with Crippen LogP contribution in [0, 0.1) is 0 Å². The fraction of sp³-hybridized carbons (Fsp3) is 0.100. The number of methoxy groups -OCH3 is 2. The van der Waals surface area contributed by atoms with Crippen molar-refractivity contribution in [2.24, 2.45) is 0 Å². The van der Waals surface area contributed by atoms with Crippen LogP contribution in [0.2, 0.25) is 0 Å². The van der Waals surface area contributed by atoms with Gasteiger partial charge in [-0.25, -0.2) is 9.97 Å². The summed E-state index contributed by atoms with van der Waals surface area (Å²) in [6.45, 7) is 0. The molecule has 0 saturated carbocycles. The van der Waals surface area contributed by atoms with E-state index in [0.717, 1.165) is 55.8 Å². The summed E-state index contributed by atoms with van der Waals surface area (Å²) < 4.78 is 10.8. The van der Waals surface area contributed by atoms with Crippen molar-refractivity contribution in [2.75, 3.05) is 14.2 Å². The van der Waals surface area contributed by atoms with E-state index in [9.17, 15) is 0 Å². The number of hydrogen-bond acceptors (Lipinski definition) is 4. The van der Waals surface area contributed by atoms with E-state index in [1.165, 1.54) is 0 Å². The van der Waals surface area contributed by atoms with E-state index in [1.54, 1.807) is 14.2 Å². The van der Waals surface area contributed by atoms with Crippen LogP contribution in [0.5, 0.6) is 11.5 Å². The van der Waals surface area contributed by atoms with Gasteiger partial charge < -0.3 is 9.47 Å². The molecule has 0 atom stereocenters. The van der Waals surface area contributed by atoms with Gasteiger partial charge in [0.2, 0.25) is 0 Å². The quantitative estimate of drug-likeness (QED) is 0.483. The normalized spacial score (nSPS) is 11.8. The first-order valence-electron chi connectivity index (χ1n) is 7.76. The molecule has 3 aromatic carbocycles. The lowest BCUT2D eigenvalue weighted by Gasteiger charge is -2.23. The third-order valence-corrected chi connectivity index (χ3v) is 4.56. The Morgan fingerprint density at radius 1 is 0.667 bits per heavy atom. The highest BCUT2D eigenvalue weighted by Gasteiger charge is 2.27. The first-order valence-corrected chi connectivity index (χ1v) is 7.76. The van der Waals surface area contributed by atoms with Gasteiger partial charge in [0.1, 0.15) is 0 Å². The average Bonchev–Trinajstić information content (AvgIpc) is 2.64. The summed E-state index contributed by atoms with van der Waals surface area (Å²) in [7, 11) is 3.30. The Kier molecular flexibility index (Phi) is 2.59. The van der Waals surface area contributed by atoms with Crippen molar-refractivity contribution in [2.45, 2.75) is 0 Å². The third kappa shape index (κ3) is 1.68. The summed E-state index contributed by atoms with van der Waals surface area (Å²) in [6, 6.07) is 16.3. The molecule has 1 heterocycles. The molecule has 24 heavy (non-hydrogen) atoms. The Morgan fingerprint density at radius 3 is 1.54 bits per heavy atom. The second-order valence-corrected chi connectivity index (χ2v) is 5.86. The van der Waals surface area contributed by atoms with E-state index in [1.807, 2.05) is 36.4 Å². The van der Waals surface area contributed by atoms with Crippen LogP contribution in [0.15, 0.2) is 48.5 Å². The minimum Gasteiger partial charge on any atom is -0.493 e. The highest BCUT2D eigenvalue weighted by Crippen LogP contribution is 2.48. The Hall–Kier alpha value is -3.14. The van der Waals surface area contributed by atoms with Gasteiger partial charge in [0.15, 0.2) is 11.5 Å². The monoisotopic (exact) mass is 314 g/mol. The van der Waals surface area contributed by atoms with Crippen molar-refractivity contribution in [3.05, 3.63) is 48.5 Å². The number of para-hydroxylation sites is 2. The summed E-state index contributed by atoms with van der Waals surface area (Å²) >= 11 is 0. The first kappa shape index (κ1) is 13.3. The van der Waals surface area contributed by atoms with Gasteiger partial charge in [0.25, 0.3) is 0 Å². The first-order chi connectivity index (χ1) is 11.8. The van der Waals surface area contributed by atoms with Crippen LogP contribution >= 0.6 is 0 Å². The topological polar surface area (TPSA) is 44.2 Å². The average molecular weight is 314 g/mol. The molecule has 0 unspecified atom stereocenters. The van der Waals surface area contributed by atoms with Gasteiger partial charge in [-0.3, -0.25) is 0 Å². The molecule has 116 valence electrons. The van der Waals surface area contributed by atoms with Crippen molar-refractivity contribution in [3.8, 4) is 34.0 Å². The van der Waals surface area contributed by atoms with Crippen molar-refractivity contribution in [1.82, 2.24) is 9.97 Å². The van der Waals surface area contributed by atoms with E-state index >= 15 is 0 Å². The smallest absolute Gasteiger partial charge is 0.161 e. The molecular weight excluding hydrogens is 300 g/mol. The molecule has 1 aliphatic carbocycles. The van der Waals surface area contributed by atoms with Crippen LogP contribution in [-0.4, -0.2) is 24.2 Å². The molecule has 4 aromatic rings. The van der Waals surface area contributed by atoms with Gasteiger partial charge in [-0.2, -0.15) is 0 Å².